The third kappa shape index (κ3) is 5.49. The SMILES string of the molecule is FC(F)(F)c1ccc(CN(Cc2ccc(C(F)(F)F)cc2)c2ccncc2)cc1. The first-order valence-electron chi connectivity index (χ1n) is 8.60. The van der Waals surface area contributed by atoms with Gasteiger partial charge < -0.3 is 4.90 Å². The zero-order valence-electron chi connectivity index (χ0n) is 15.0. The fourth-order valence-corrected chi connectivity index (χ4v) is 2.83. The molecule has 0 aliphatic heterocycles. The molecule has 0 atom stereocenters. The van der Waals surface area contributed by atoms with Crippen molar-refractivity contribution in [1.29, 1.82) is 0 Å². The van der Waals surface area contributed by atoms with Crippen LogP contribution in [0.1, 0.15) is 22.3 Å². The molecule has 0 N–H and O–H groups in total. The molecule has 1 aromatic heterocycles. The molecule has 3 aromatic rings. The highest BCUT2D eigenvalue weighted by Crippen LogP contribution is 2.31. The normalized spacial score (nSPS) is 12.1. The van der Waals surface area contributed by atoms with Gasteiger partial charge in [0.05, 0.1) is 11.1 Å². The van der Waals surface area contributed by atoms with Gasteiger partial charge in [0.25, 0.3) is 0 Å². The van der Waals surface area contributed by atoms with Crippen LogP contribution in [0.4, 0.5) is 32.0 Å². The third-order valence-electron chi connectivity index (χ3n) is 4.34. The van der Waals surface area contributed by atoms with E-state index in [9.17, 15) is 26.3 Å². The Kier molecular flexibility index (Phi) is 5.81. The van der Waals surface area contributed by atoms with E-state index in [4.69, 9.17) is 0 Å². The second kappa shape index (κ2) is 8.14. The Morgan fingerprint density at radius 3 is 1.31 bits per heavy atom. The molecule has 2 aromatic carbocycles. The van der Waals surface area contributed by atoms with Crippen LogP contribution < -0.4 is 4.90 Å². The lowest BCUT2D eigenvalue weighted by Crippen LogP contribution is -2.22. The van der Waals surface area contributed by atoms with Crippen LogP contribution in [0.25, 0.3) is 0 Å². The maximum Gasteiger partial charge on any atom is 0.416 e. The minimum absolute atomic E-state index is 0.281. The fourth-order valence-electron chi connectivity index (χ4n) is 2.83. The van der Waals surface area contributed by atoms with Gasteiger partial charge in [0.1, 0.15) is 0 Å². The number of nitrogens with zero attached hydrogens (tertiary/aromatic N) is 2. The summed E-state index contributed by atoms with van der Waals surface area (Å²) in [7, 11) is 0. The van der Waals surface area contributed by atoms with E-state index in [0.29, 0.717) is 11.1 Å². The van der Waals surface area contributed by atoms with E-state index in [1.54, 1.807) is 24.5 Å². The van der Waals surface area contributed by atoms with Crippen molar-refractivity contribution >= 4 is 5.69 Å². The van der Waals surface area contributed by atoms with Gasteiger partial charge in [-0.25, -0.2) is 0 Å². The molecule has 1 heterocycles. The maximum absolute atomic E-state index is 12.8. The van der Waals surface area contributed by atoms with Gasteiger partial charge in [0, 0.05) is 31.2 Å². The number of anilines is 1. The quantitative estimate of drug-likeness (QED) is 0.457. The van der Waals surface area contributed by atoms with Crippen molar-refractivity contribution < 1.29 is 26.3 Å². The highest BCUT2D eigenvalue weighted by Gasteiger charge is 2.30. The first-order chi connectivity index (χ1) is 13.6. The molecular weight excluding hydrogens is 394 g/mol. The summed E-state index contributed by atoms with van der Waals surface area (Å²) < 4.78 is 76.5. The van der Waals surface area contributed by atoms with Gasteiger partial charge in [0.15, 0.2) is 0 Å². The van der Waals surface area contributed by atoms with Crippen LogP contribution in [-0.2, 0) is 25.4 Å². The number of rotatable bonds is 5. The standard InChI is InChI=1S/C21H16F6N2/c22-20(23,24)17-5-1-15(2-6-17)13-29(19-9-11-28-12-10-19)14-16-3-7-18(8-4-16)21(25,26)27/h1-12H,13-14H2. The van der Waals surface area contributed by atoms with Gasteiger partial charge in [0.2, 0.25) is 0 Å². The number of halogens is 6. The molecule has 8 heteroatoms. The lowest BCUT2D eigenvalue weighted by Gasteiger charge is -2.25. The maximum atomic E-state index is 12.8. The topological polar surface area (TPSA) is 16.1 Å². The molecule has 0 aliphatic carbocycles. The van der Waals surface area contributed by atoms with Gasteiger partial charge in [-0.15, -0.1) is 0 Å². The van der Waals surface area contributed by atoms with Crippen molar-refractivity contribution in [1.82, 2.24) is 4.98 Å². The molecule has 0 saturated heterocycles. The van der Waals surface area contributed by atoms with Crippen molar-refractivity contribution in [3.63, 3.8) is 0 Å². The molecular formula is C21H16F6N2. The molecule has 0 spiro atoms. The molecule has 0 fully saturated rings. The number of alkyl halides is 6. The van der Waals surface area contributed by atoms with Crippen LogP contribution in [0.3, 0.4) is 0 Å². The largest absolute Gasteiger partial charge is 0.416 e. The minimum Gasteiger partial charge on any atom is -0.363 e. The second-order valence-electron chi connectivity index (χ2n) is 6.45. The Bertz CT molecular complexity index is 857. The van der Waals surface area contributed by atoms with E-state index in [2.05, 4.69) is 4.98 Å². The Balaban J connectivity index is 1.82. The summed E-state index contributed by atoms with van der Waals surface area (Å²) in [5, 5.41) is 0. The van der Waals surface area contributed by atoms with E-state index in [0.717, 1.165) is 30.0 Å². The predicted molar refractivity (Wildman–Crippen MR) is 97.0 cm³/mol. The van der Waals surface area contributed by atoms with Crippen LogP contribution in [-0.4, -0.2) is 4.98 Å². The lowest BCUT2D eigenvalue weighted by atomic mass is 10.1. The highest BCUT2D eigenvalue weighted by atomic mass is 19.4. The number of hydrogen-bond donors (Lipinski definition) is 0. The van der Waals surface area contributed by atoms with E-state index in [-0.39, 0.29) is 13.1 Å². The van der Waals surface area contributed by atoms with E-state index < -0.39 is 23.5 Å². The molecule has 0 amide bonds. The van der Waals surface area contributed by atoms with Gasteiger partial charge in [-0.1, -0.05) is 24.3 Å². The molecule has 152 valence electrons. The molecule has 3 rings (SSSR count). The highest BCUT2D eigenvalue weighted by molar-refractivity contribution is 5.46. The van der Waals surface area contributed by atoms with Crippen LogP contribution in [0.15, 0.2) is 73.1 Å². The Morgan fingerprint density at radius 2 is 0.966 bits per heavy atom. The van der Waals surface area contributed by atoms with Crippen molar-refractivity contribution in [3.05, 3.63) is 95.3 Å². The summed E-state index contributed by atoms with van der Waals surface area (Å²) in [6, 6.07) is 13.1. The molecule has 0 radical (unpaired) electrons. The number of pyridine rings is 1. The Morgan fingerprint density at radius 1 is 0.586 bits per heavy atom. The van der Waals surface area contributed by atoms with Crippen molar-refractivity contribution in [3.8, 4) is 0 Å². The molecule has 2 nitrogen and oxygen atoms in total. The number of benzene rings is 2. The summed E-state index contributed by atoms with van der Waals surface area (Å²) in [5.41, 5.74) is 0.558. The van der Waals surface area contributed by atoms with Gasteiger partial charge in [-0.2, -0.15) is 26.3 Å². The summed E-state index contributed by atoms with van der Waals surface area (Å²) >= 11 is 0. The smallest absolute Gasteiger partial charge is 0.363 e. The minimum atomic E-state index is -4.41. The first-order valence-corrected chi connectivity index (χ1v) is 8.60. The summed E-state index contributed by atoms with van der Waals surface area (Å²) in [5.74, 6) is 0. The van der Waals surface area contributed by atoms with Crippen molar-refractivity contribution in [2.45, 2.75) is 25.4 Å². The molecule has 0 saturated carbocycles. The second-order valence-corrected chi connectivity index (χ2v) is 6.45. The average molecular weight is 410 g/mol. The van der Waals surface area contributed by atoms with Crippen LogP contribution >= 0.6 is 0 Å². The van der Waals surface area contributed by atoms with Gasteiger partial charge >= 0.3 is 12.4 Å². The average Bonchev–Trinajstić information content (AvgIpc) is 2.68. The van der Waals surface area contributed by atoms with E-state index >= 15 is 0 Å². The van der Waals surface area contributed by atoms with Crippen molar-refractivity contribution in [2.75, 3.05) is 4.90 Å². The molecule has 0 aliphatic rings. The van der Waals surface area contributed by atoms with Crippen molar-refractivity contribution in [2.24, 2.45) is 0 Å². The van der Waals surface area contributed by atoms with Crippen LogP contribution in [0.5, 0.6) is 0 Å². The molecule has 29 heavy (non-hydrogen) atoms. The number of aromatic nitrogens is 1. The predicted octanol–water partition coefficient (Wildman–Crippen LogP) is 6.33. The fraction of sp³-hybridized carbons (Fsp3) is 0.190. The van der Waals surface area contributed by atoms with Crippen LogP contribution in [0.2, 0.25) is 0 Å². The summed E-state index contributed by atoms with van der Waals surface area (Å²) in [6.07, 6.45) is -5.68. The van der Waals surface area contributed by atoms with Gasteiger partial charge in [-0.05, 0) is 47.5 Å². The van der Waals surface area contributed by atoms with Crippen LogP contribution in [0, 0.1) is 0 Å². The lowest BCUT2D eigenvalue weighted by molar-refractivity contribution is -0.138. The summed E-state index contributed by atoms with van der Waals surface area (Å²) in [6.45, 7) is 0.562. The zero-order chi connectivity index (χ0) is 21.1. The monoisotopic (exact) mass is 410 g/mol. The van der Waals surface area contributed by atoms with Gasteiger partial charge in [-0.3, -0.25) is 4.98 Å². The molecule has 0 unspecified atom stereocenters. The Labute approximate surface area is 163 Å². The zero-order valence-corrected chi connectivity index (χ0v) is 15.0. The number of hydrogen-bond acceptors (Lipinski definition) is 2. The molecule has 0 bridgehead atoms. The first kappa shape index (κ1) is 20.7. The van der Waals surface area contributed by atoms with E-state index in [1.807, 2.05) is 4.90 Å². The third-order valence-corrected chi connectivity index (χ3v) is 4.34. The summed E-state index contributed by atoms with van der Waals surface area (Å²) in [4.78, 5) is 5.80. The van der Waals surface area contributed by atoms with E-state index in [1.165, 1.54) is 24.3 Å². The Hall–Kier alpha value is -3.03.